The number of hydrogen-bond donors (Lipinski definition) is 1. The first kappa shape index (κ1) is 27.4. The highest BCUT2D eigenvalue weighted by Crippen LogP contribution is 2.07. The summed E-state index contributed by atoms with van der Waals surface area (Å²) in [6.45, 7) is -0.868. The summed E-state index contributed by atoms with van der Waals surface area (Å²) in [7, 11) is 0. The molecule has 0 amide bonds. The van der Waals surface area contributed by atoms with Gasteiger partial charge in [0.05, 0.1) is 26.4 Å². The molecule has 0 spiro atoms. The quantitative estimate of drug-likeness (QED) is 0.121. The van der Waals surface area contributed by atoms with Crippen LogP contribution in [0.15, 0.2) is 0 Å². The summed E-state index contributed by atoms with van der Waals surface area (Å²) in [6, 6.07) is -0.652. The zero-order valence-corrected chi connectivity index (χ0v) is 16.7. The molecule has 0 aliphatic carbocycles. The molecule has 0 saturated carbocycles. The minimum atomic E-state index is -0.985. The number of rotatable bonds is 18. The average molecular weight is 461 g/mol. The van der Waals surface area contributed by atoms with Gasteiger partial charge in [-0.25, -0.2) is 9.59 Å². The van der Waals surface area contributed by atoms with Gasteiger partial charge in [0.2, 0.25) is 0 Å². The molecular weight excluding hydrogens is 438 g/mol. The lowest BCUT2D eigenvalue weighted by atomic mass is 10.4. The van der Waals surface area contributed by atoms with Gasteiger partial charge in [-0.3, -0.25) is 0 Å². The smallest absolute Gasteiger partial charge is 0.455 e. The Bertz CT molecular complexity index is 481. The van der Waals surface area contributed by atoms with Crippen LogP contribution < -0.4 is 5.73 Å². The molecule has 2 N–H and O–H groups in total. The van der Waals surface area contributed by atoms with E-state index < -0.39 is 27.7 Å². The Morgan fingerprint density at radius 2 is 1.30 bits per heavy atom. The topological polar surface area (TPSA) is 211 Å². The summed E-state index contributed by atoms with van der Waals surface area (Å²) in [5, 5.41) is 17.2. The summed E-state index contributed by atoms with van der Waals surface area (Å²) >= 11 is 0.772. The fourth-order valence-corrected chi connectivity index (χ4v) is 2.01. The van der Waals surface area contributed by atoms with Crippen LogP contribution >= 0.6 is 11.8 Å². The van der Waals surface area contributed by atoms with Crippen LogP contribution in [0.2, 0.25) is 0 Å². The Morgan fingerprint density at radius 1 is 0.800 bits per heavy atom. The fourth-order valence-electron chi connectivity index (χ4n) is 1.40. The maximum atomic E-state index is 11.5. The van der Waals surface area contributed by atoms with Crippen molar-refractivity contribution in [1.82, 2.24) is 0 Å². The molecule has 0 aliphatic rings. The minimum Gasteiger partial charge on any atom is -0.455 e. The molecule has 1 unspecified atom stereocenters. The number of nitrogens with two attached hydrogens (primary N) is 1. The molecule has 0 aromatic rings. The highest BCUT2D eigenvalue weighted by molar-refractivity contribution is 8.13. The van der Waals surface area contributed by atoms with Gasteiger partial charge in [0.25, 0.3) is 10.2 Å². The number of carbonyl (C=O) groups excluding carboxylic acids is 2. The standard InChI is InChI=1S/C13H23N3O13S/c14-11(9-27-12(17)25-5-1-23-3-7-28-15(19)20)10-30-13(18)26-6-2-24-4-8-29-16(21)22/h11H,1-10,14H2. The third-order valence-electron chi connectivity index (χ3n) is 2.57. The molecule has 0 aromatic heterocycles. The molecule has 1 atom stereocenters. The van der Waals surface area contributed by atoms with Crippen molar-refractivity contribution in [3.63, 3.8) is 0 Å². The molecule has 0 heterocycles. The molecule has 0 aromatic carbocycles. The minimum absolute atomic E-state index is 0.00358. The van der Waals surface area contributed by atoms with E-state index in [9.17, 15) is 29.8 Å². The van der Waals surface area contributed by atoms with E-state index in [0.717, 1.165) is 11.8 Å². The largest absolute Gasteiger partial charge is 0.508 e. The summed E-state index contributed by atoms with van der Waals surface area (Å²) in [5.74, 6) is 0.114. The Morgan fingerprint density at radius 3 is 1.83 bits per heavy atom. The van der Waals surface area contributed by atoms with Crippen molar-refractivity contribution in [2.24, 2.45) is 5.73 Å². The van der Waals surface area contributed by atoms with Gasteiger partial charge in [0.15, 0.2) is 0 Å². The number of hydrogen-bond acceptors (Lipinski definition) is 15. The second kappa shape index (κ2) is 18.4. The van der Waals surface area contributed by atoms with Crippen LogP contribution in [-0.4, -0.2) is 92.9 Å². The molecule has 17 heteroatoms. The van der Waals surface area contributed by atoms with E-state index in [1.165, 1.54) is 0 Å². The molecule has 16 nitrogen and oxygen atoms in total. The predicted molar refractivity (Wildman–Crippen MR) is 96.6 cm³/mol. The number of thioether (sulfide) groups is 1. The first-order valence-electron chi connectivity index (χ1n) is 8.36. The van der Waals surface area contributed by atoms with E-state index in [-0.39, 0.29) is 65.2 Å². The van der Waals surface area contributed by atoms with E-state index in [4.69, 9.17) is 24.7 Å². The monoisotopic (exact) mass is 461 g/mol. The van der Waals surface area contributed by atoms with E-state index in [1.807, 2.05) is 0 Å². The fraction of sp³-hybridized carbons (Fsp3) is 0.846. The number of nitrogens with zero attached hydrogens (tertiary/aromatic N) is 2. The van der Waals surface area contributed by atoms with Crippen LogP contribution in [0.3, 0.4) is 0 Å². The normalized spacial score (nSPS) is 11.2. The molecule has 0 bridgehead atoms. The van der Waals surface area contributed by atoms with Gasteiger partial charge in [0, 0.05) is 11.8 Å². The highest BCUT2D eigenvalue weighted by atomic mass is 32.2. The summed E-state index contributed by atoms with van der Waals surface area (Å²) in [4.78, 5) is 50.6. The predicted octanol–water partition coefficient (Wildman–Crippen LogP) is -0.213. The second-order valence-electron chi connectivity index (χ2n) is 4.92. The van der Waals surface area contributed by atoms with Crippen LogP contribution in [0.5, 0.6) is 0 Å². The Balaban J connectivity index is 3.52. The van der Waals surface area contributed by atoms with Gasteiger partial charge < -0.3 is 39.1 Å². The van der Waals surface area contributed by atoms with Crippen LogP contribution in [0.1, 0.15) is 0 Å². The lowest BCUT2D eigenvalue weighted by molar-refractivity contribution is -0.758. The first-order chi connectivity index (χ1) is 14.3. The second-order valence-corrected chi connectivity index (χ2v) is 5.87. The van der Waals surface area contributed by atoms with Gasteiger partial charge in [-0.15, -0.1) is 20.2 Å². The van der Waals surface area contributed by atoms with E-state index in [0.29, 0.717) is 0 Å². The molecule has 30 heavy (non-hydrogen) atoms. The van der Waals surface area contributed by atoms with Crippen molar-refractivity contribution >= 4 is 23.2 Å². The van der Waals surface area contributed by atoms with Crippen LogP contribution in [0.25, 0.3) is 0 Å². The molecular formula is C13H23N3O13S. The zero-order valence-electron chi connectivity index (χ0n) is 15.8. The lowest BCUT2D eigenvalue weighted by Crippen LogP contribution is -2.31. The van der Waals surface area contributed by atoms with Crippen molar-refractivity contribution in [3.05, 3.63) is 20.2 Å². The van der Waals surface area contributed by atoms with Crippen LogP contribution in [0, 0.1) is 20.2 Å². The van der Waals surface area contributed by atoms with Crippen molar-refractivity contribution in [2.75, 3.05) is 65.2 Å². The highest BCUT2D eigenvalue weighted by Gasteiger charge is 2.12. The molecule has 0 rings (SSSR count). The van der Waals surface area contributed by atoms with Gasteiger partial charge >= 0.3 is 11.5 Å². The van der Waals surface area contributed by atoms with E-state index in [2.05, 4.69) is 14.4 Å². The summed E-state index contributed by atoms with van der Waals surface area (Å²) in [5.41, 5.74) is 5.69. The van der Waals surface area contributed by atoms with Gasteiger partial charge in [0.1, 0.15) is 33.0 Å². The molecule has 0 radical (unpaired) electrons. The maximum absolute atomic E-state index is 11.5. The zero-order chi connectivity index (χ0) is 22.6. The Kier molecular flexibility index (Phi) is 16.8. The third kappa shape index (κ3) is 20.1. The van der Waals surface area contributed by atoms with Gasteiger partial charge in [-0.05, 0) is 11.8 Å². The molecule has 174 valence electrons. The lowest BCUT2D eigenvalue weighted by Gasteiger charge is -2.12. The number of carbonyl (C=O) groups is 2. The Hall–Kier alpha value is -2.63. The number of ether oxygens (including phenoxy) is 5. The van der Waals surface area contributed by atoms with Gasteiger partial charge in [-0.1, -0.05) is 0 Å². The summed E-state index contributed by atoms with van der Waals surface area (Å²) in [6.07, 6.45) is -0.985. The molecule has 0 saturated heterocycles. The first-order valence-corrected chi connectivity index (χ1v) is 9.34. The Labute approximate surface area is 174 Å². The van der Waals surface area contributed by atoms with Crippen molar-refractivity contribution < 1.29 is 53.1 Å². The van der Waals surface area contributed by atoms with Crippen LogP contribution in [-0.2, 0) is 33.4 Å². The molecule has 0 aliphatic heterocycles. The summed E-state index contributed by atoms with van der Waals surface area (Å²) < 4.78 is 24.1. The van der Waals surface area contributed by atoms with E-state index >= 15 is 0 Å². The van der Waals surface area contributed by atoms with Crippen molar-refractivity contribution in [3.8, 4) is 0 Å². The van der Waals surface area contributed by atoms with Crippen molar-refractivity contribution in [2.45, 2.75) is 6.04 Å². The SMILES string of the molecule is NC(COC(=O)OCCOCCO[N+](=O)[O-])CSC(=O)OCCOCCO[N+](=O)[O-]. The van der Waals surface area contributed by atoms with Crippen LogP contribution in [0.4, 0.5) is 9.59 Å². The average Bonchev–Trinajstić information content (AvgIpc) is 2.68. The maximum Gasteiger partial charge on any atom is 0.508 e. The third-order valence-corrected chi connectivity index (χ3v) is 3.52. The van der Waals surface area contributed by atoms with Crippen molar-refractivity contribution in [1.29, 1.82) is 0 Å². The van der Waals surface area contributed by atoms with E-state index in [1.54, 1.807) is 0 Å². The van der Waals surface area contributed by atoms with Gasteiger partial charge in [-0.2, -0.15) is 0 Å². The molecule has 0 fully saturated rings.